The molecule has 1 aromatic rings. The van der Waals surface area contributed by atoms with E-state index in [0.717, 1.165) is 19.4 Å². The van der Waals surface area contributed by atoms with Crippen LogP contribution in [0.1, 0.15) is 26.7 Å². The monoisotopic (exact) mass is 275 g/mol. The summed E-state index contributed by atoms with van der Waals surface area (Å²) in [5, 5.41) is 3.14. The highest BCUT2D eigenvalue weighted by atomic mass is 19.4. The standard InChI is InChI=1S/C14H20F3NO/c1-3-6-11(2)9-18-12-7-4-5-8-13(12)19-10-14(15,16)17/h4-5,7-8,11,18H,3,6,9-10H2,1-2H3. The van der Waals surface area contributed by atoms with Crippen LogP contribution in [0, 0.1) is 5.92 Å². The molecule has 0 aliphatic rings. The van der Waals surface area contributed by atoms with Crippen molar-refractivity contribution in [1.29, 1.82) is 0 Å². The van der Waals surface area contributed by atoms with Crippen molar-refractivity contribution in [2.75, 3.05) is 18.5 Å². The number of alkyl halides is 3. The van der Waals surface area contributed by atoms with E-state index in [0.29, 0.717) is 11.6 Å². The van der Waals surface area contributed by atoms with E-state index >= 15 is 0 Å². The number of halogens is 3. The van der Waals surface area contributed by atoms with Crippen LogP contribution < -0.4 is 10.1 Å². The summed E-state index contributed by atoms with van der Waals surface area (Å²) in [6.07, 6.45) is -2.14. The molecule has 108 valence electrons. The molecule has 0 amide bonds. The molecule has 1 N–H and O–H groups in total. The van der Waals surface area contributed by atoms with Gasteiger partial charge in [0.1, 0.15) is 5.75 Å². The highest BCUT2D eigenvalue weighted by molar-refractivity contribution is 5.56. The van der Waals surface area contributed by atoms with Crippen LogP contribution >= 0.6 is 0 Å². The summed E-state index contributed by atoms with van der Waals surface area (Å²) in [4.78, 5) is 0. The van der Waals surface area contributed by atoms with Crippen LogP contribution in [0.15, 0.2) is 24.3 Å². The lowest BCUT2D eigenvalue weighted by molar-refractivity contribution is -0.153. The topological polar surface area (TPSA) is 21.3 Å². The average Bonchev–Trinajstić information content (AvgIpc) is 2.34. The Labute approximate surface area is 112 Å². The van der Waals surface area contributed by atoms with Crippen molar-refractivity contribution in [2.24, 2.45) is 5.92 Å². The van der Waals surface area contributed by atoms with Crippen LogP contribution in [0.2, 0.25) is 0 Å². The van der Waals surface area contributed by atoms with E-state index in [2.05, 4.69) is 19.2 Å². The second kappa shape index (κ2) is 7.26. The highest BCUT2D eigenvalue weighted by Crippen LogP contribution is 2.26. The lowest BCUT2D eigenvalue weighted by atomic mass is 10.1. The highest BCUT2D eigenvalue weighted by Gasteiger charge is 2.28. The first-order valence-electron chi connectivity index (χ1n) is 6.45. The second-order valence-electron chi connectivity index (χ2n) is 4.67. The van der Waals surface area contributed by atoms with E-state index in [-0.39, 0.29) is 5.75 Å². The van der Waals surface area contributed by atoms with E-state index in [1.165, 1.54) is 0 Å². The molecule has 1 rings (SSSR count). The summed E-state index contributed by atoms with van der Waals surface area (Å²) in [5.74, 6) is 0.712. The van der Waals surface area contributed by atoms with Gasteiger partial charge in [0.05, 0.1) is 5.69 Å². The predicted octanol–water partition coefficient (Wildman–Crippen LogP) is 4.48. The van der Waals surface area contributed by atoms with E-state index in [4.69, 9.17) is 4.74 Å². The van der Waals surface area contributed by atoms with Crippen LogP contribution in [-0.4, -0.2) is 19.3 Å². The molecule has 0 fully saturated rings. The number of hydrogen-bond acceptors (Lipinski definition) is 2. The Kier molecular flexibility index (Phi) is 5.99. The number of para-hydroxylation sites is 2. The number of nitrogens with one attached hydrogen (secondary N) is 1. The molecule has 19 heavy (non-hydrogen) atoms. The molecule has 2 nitrogen and oxygen atoms in total. The summed E-state index contributed by atoms with van der Waals surface area (Å²) >= 11 is 0. The Morgan fingerprint density at radius 1 is 1.26 bits per heavy atom. The number of hydrogen-bond donors (Lipinski definition) is 1. The molecule has 0 heterocycles. The maximum absolute atomic E-state index is 12.1. The molecule has 0 radical (unpaired) electrons. The van der Waals surface area contributed by atoms with Gasteiger partial charge in [0.25, 0.3) is 0 Å². The Hall–Kier alpha value is -1.39. The third-order valence-corrected chi connectivity index (χ3v) is 2.70. The Balaban J connectivity index is 2.57. The quantitative estimate of drug-likeness (QED) is 0.792. The fourth-order valence-electron chi connectivity index (χ4n) is 1.78. The maximum Gasteiger partial charge on any atom is 0.422 e. The van der Waals surface area contributed by atoms with Crippen LogP contribution in [0.4, 0.5) is 18.9 Å². The van der Waals surface area contributed by atoms with Crippen LogP contribution in [0.3, 0.4) is 0 Å². The maximum atomic E-state index is 12.1. The fourth-order valence-corrected chi connectivity index (χ4v) is 1.78. The summed E-state index contributed by atoms with van der Waals surface area (Å²) in [5.41, 5.74) is 0.606. The minimum atomic E-state index is -4.32. The molecule has 0 saturated heterocycles. The first-order chi connectivity index (χ1) is 8.92. The first kappa shape index (κ1) is 15.7. The molecule has 0 aliphatic heterocycles. The SMILES string of the molecule is CCCC(C)CNc1ccccc1OCC(F)(F)F. The van der Waals surface area contributed by atoms with Crippen molar-refractivity contribution < 1.29 is 17.9 Å². The molecule has 0 bridgehead atoms. The molecule has 0 aliphatic carbocycles. The zero-order valence-corrected chi connectivity index (χ0v) is 11.3. The zero-order chi connectivity index (χ0) is 14.3. The summed E-state index contributed by atoms with van der Waals surface area (Å²) in [6.45, 7) is 3.67. The molecular formula is C14H20F3NO. The minimum Gasteiger partial charge on any atom is -0.482 e. The lowest BCUT2D eigenvalue weighted by Gasteiger charge is -2.16. The van der Waals surface area contributed by atoms with Crippen LogP contribution in [-0.2, 0) is 0 Å². The number of rotatable bonds is 7. The summed E-state index contributed by atoms with van der Waals surface area (Å²) < 4.78 is 41.2. The van der Waals surface area contributed by atoms with Gasteiger partial charge in [-0.3, -0.25) is 0 Å². The molecule has 1 unspecified atom stereocenters. The predicted molar refractivity (Wildman–Crippen MR) is 70.6 cm³/mol. The van der Waals surface area contributed by atoms with Gasteiger partial charge >= 0.3 is 6.18 Å². The Morgan fingerprint density at radius 2 is 1.95 bits per heavy atom. The molecule has 1 atom stereocenters. The van der Waals surface area contributed by atoms with Gasteiger partial charge in [-0.2, -0.15) is 13.2 Å². The second-order valence-corrected chi connectivity index (χ2v) is 4.67. The van der Waals surface area contributed by atoms with Gasteiger partial charge in [-0.25, -0.2) is 0 Å². The molecule has 0 spiro atoms. The fraction of sp³-hybridized carbons (Fsp3) is 0.571. The van der Waals surface area contributed by atoms with Crippen molar-refractivity contribution in [2.45, 2.75) is 32.9 Å². The number of ether oxygens (including phenoxy) is 1. The Bertz CT molecular complexity index is 379. The molecule has 0 saturated carbocycles. The van der Waals surface area contributed by atoms with Crippen molar-refractivity contribution in [3.63, 3.8) is 0 Å². The van der Waals surface area contributed by atoms with Crippen molar-refractivity contribution in [1.82, 2.24) is 0 Å². The molecule has 0 aromatic heterocycles. The van der Waals surface area contributed by atoms with E-state index in [9.17, 15) is 13.2 Å². The van der Waals surface area contributed by atoms with Gasteiger partial charge < -0.3 is 10.1 Å². The third-order valence-electron chi connectivity index (χ3n) is 2.70. The first-order valence-corrected chi connectivity index (χ1v) is 6.45. The zero-order valence-electron chi connectivity index (χ0n) is 11.3. The van der Waals surface area contributed by atoms with Crippen molar-refractivity contribution in [3.05, 3.63) is 24.3 Å². The van der Waals surface area contributed by atoms with Gasteiger partial charge in [-0.15, -0.1) is 0 Å². The Morgan fingerprint density at radius 3 is 2.58 bits per heavy atom. The minimum absolute atomic E-state index is 0.239. The van der Waals surface area contributed by atoms with Gasteiger partial charge in [0.15, 0.2) is 6.61 Å². The third kappa shape index (κ3) is 6.36. The largest absolute Gasteiger partial charge is 0.482 e. The summed E-state index contributed by atoms with van der Waals surface area (Å²) in [7, 11) is 0. The summed E-state index contributed by atoms with van der Waals surface area (Å²) in [6, 6.07) is 6.70. The number of anilines is 1. The van der Waals surface area contributed by atoms with Crippen LogP contribution in [0.25, 0.3) is 0 Å². The normalized spacial score (nSPS) is 13.1. The smallest absolute Gasteiger partial charge is 0.422 e. The van der Waals surface area contributed by atoms with Crippen molar-refractivity contribution >= 4 is 5.69 Å². The molecular weight excluding hydrogens is 255 g/mol. The molecule has 1 aromatic carbocycles. The number of benzene rings is 1. The van der Waals surface area contributed by atoms with E-state index in [1.54, 1.807) is 24.3 Å². The van der Waals surface area contributed by atoms with Gasteiger partial charge in [0, 0.05) is 6.54 Å². The van der Waals surface area contributed by atoms with Gasteiger partial charge in [-0.05, 0) is 24.5 Å². The van der Waals surface area contributed by atoms with Crippen LogP contribution in [0.5, 0.6) is 5.75 Å². The average molecular weight is 275 g/mol. The molecule has 5 heteroatoms. The van der Waals surface area contributed by atoms with E-state index < -0.39 is 12.8 Å². The lowest BCUT2D eigenvalue weighted by Crippen LogP contribution is -2.20. The van der Waals surface area contributed by atoms with Crippen molar-refractivity contribution in [3.8, 4) is 5.75 Å². The van der Waals surface area contributed by atoms with Gasteiger partial charge in [0.2, 0.25) is 0 Å². The van der Waals surface area contributed by atoms with Gasteiger partial charge in [-0.1, -0.05) is 32.4 Å². The van der Waals surface area contributed by atoms with E-state index in [1.807, 2.05) is 0 Å².